The van der Waals surface area contributed by atoms with Crippen LogP contribution in [0.3, 0.4) is 0 Å². The van der Waals surface area contributed by atoms with E-state index < -0.39 is 23.6 Å². The molecule has 0 unspecified atom stereocenters. The van der Waals surface area contributed by atoms with E-state index in [1.807, 2.05) is 0 Å². The number of hydrogen-bond donors (Lipinski definition) is 0. The van der Waals surface area contributed by atoms with E-state index in [4.69, 9.17) is 9.47 Å². The lowest BCUT2D eigenvalue weighted by atomic mass is 10.2. The van der Waals surface area contributed by atoms with Gasteiger partial charge in [0.2, 0.25) is 5.90 Å². The zero-order chi connectivity index (χ0) is 21.1. The summed E-state index contributed by atoms with van der Waals surface area (Å²) in [5.74, 6) is -2.54. The molecule has 30 heavy (non-hydrogen) atoms. The predicted molar refractivity (Wildman–Crippen MR) is 105 cm³/mol. The molecule has 0 atom stereocenters. The summed E-state index contributed by atoms with van der Waals surface area (Å²) in [6, 6.07) is 17.3. The zero-order valence-electron chi connectivity index (χ0n) is 15.3. The first-order valence-electron chi connectivity index (χ1n) is 8.85. The molecule has 0 aromatic heterocycles. The Kier molecular flexibility index (Phi) is 5.17. The van der Waals surface area contributed by atoms with Crippen molar-refractivity contribution < 1.29 is 27.8 Å². The first-order chi connectivity index (χ1) is 14.5. The smallest absolute Gasteiger partial charge is 0.363 e. The van der Waals surface area contributed by atoms with Crippen molar-refractivity contribution in [2.24, 2.45) is 4.99 Å². The Hall–Kier alpha value is -4.13. The fourth-order valence-electron chi connectivity index (χ4n) is 2.77. The molecule has 3 aromatic carbocycles. The minimum atomic E-state index is -0.843. The fourth-order valence-corrected chi connectivity index (χ4v) is 2.77. The van der Waals surface area contributed by atoms with Crippen molar-refractivity contribution >= 4 is 23.9 Å². The summed E-state index contributed by atoms with van der Waals surface area (Å²) in [6.07, 6.45) is 1.44. The Morgan fingerprint density at radius 2 is 1.77 bits per heavy atom. The monoisotopic (exact) mass is 405 g/mol. The molecule has 3 aromatic rings. The number of nitrogens with zero attached hydrogens (tertiary/aromatic N) is 1. The molecular formula is C23H13F2NO4. The van der Waals surface area contributed by atoms with Gasteiger partial charge < -0.3 is 9.47 Å². The third-order valence-corrected chi connectivity index (χ3v) is 4.16. The lowest BCUT2D eigenvalue weighted by Gasteiger charge is -2.06. The van der Waals surface area contributed by atoms with Crippen LogP contribution >= 0.6 is 0 Å². The van der Waals surface area contributed by atoms with Crippen LogP contribution < -0.4 is 4.74 Å². The number of esters is 2. The second kappa shape index (κ2) is 8.08. The van der Waals surface area contributed by atoms with E-state index in [-0.39, 0.29) is 22.9 Å². The van der Waals surface area contributed by atoms with Crippen LogP contribution in [0.4, 0.5) is 8.78 Å². The van der Waals surface area contributed by atoms with E-state index in [9.17, 15) is 18.4 Å². The van der Waals surface area contributed by atoms with Crippen molar-refractivity contribution in [3.8, 4) is 5.75 Å². The van der Waals surface area contributed by atoms with Crippen LogP contribution in [0.15, 0.2) is 83.5 Å². The molecule has 1 heterocycles. The second-order valence-electron chi connectivity index (χ2n) is 6.29. The minimum absolute atomic E-state index is 0.00633. The maximum Gasteiger partial charge on any atom is 0.363 e. The summed E-state index contributed by atoms with van der Waals surface area (Å²) in [4.78, 5) is 28.4. The van der Waals surface area contributed by atoms with Gasteiger partial charge in [-0.1, -0.05) is 30.3 Å². The highest BCUT2D eigenvalue weighted by Gasteiger charge is 2.24. The van der Waals surface area contributed by atoms with E-state index in [1.54, 1.807) is 18.2 Å². The van der Waals surface area contributed by atoms with Crippen LogP contribution in [0.1, 0.15) is 21.5 Å². The number of halogens is 2. The van der Waals surface area contributed by atoms with Crippen molar-refractivity contribution in [2.75, 3.05) is 0 Å². The number of benzene rings is 3. The van der Waals surface area contributed by atoms with Crippen LogP contribution in [0.25, 0.3) is 6.08 Å². The first kappa shape index (κ1) is 19.2. The zero-order valence-corrected chi connectivity index (χ0v) is 15.3. The molecule has 7 heteroatoms. The van der Waals surface area contributed by atoms with Gasteiger partial charge in [0.15, 0.2) is 5.70 Å². The summed E-state index contributed by atoms with van der Waals surface area (Å²) in [6.45, 7) is 0. The summed E-state index contributed by atoms with van der Waals surface area (Å²) in [5.41, 5.74) is 0.654. The molecule has 0 amide bonds. The number of ether oxygens (including phenoxy) is 2. The lowest BCUT2D eigenvalue weighted by molar-refractivity contribution is -0.129. The van der Waals surface area contributed by atoms with Crippen molar-refractivity contribution in [1.82, 2.24) is 0 Å². The number of cyclic esters (lactones) is 1. The maximum atomic E-state index is 13.7. The van der Waals surface area contributed by atoms with E-state index in [0.29, 0.717) is 11.1 Å². The Balaban J connectivity index is 1.57. The molecule has 148 valence electrons. The van der Waals surface area contributed by atoms with E-state index >= 15 is 0 Å². The Morgan fingerprint density at radius 3 is 2.57 bits per heavy atom. The number of rotatable bonds is 4. The highest BCUT2D eigenvalue weighted by Crippen LogP contribution is 2.22. The molecule has 0 radical (unpaired) electrons. The molecule has 0 saturated heterocycles. The number of hydrogen-bond acceptors (Lipinski definition) is 5. The summed E-state index contributed by atoms with van der Waals surface area (Å²) < 4.78 is 37.4. The third kappa shape index (κ3) is 4.15. The molecular weight excluding hydrogens is 392 g/mol. The van der Waals surface area contributed by atoms with Gasteiger partial charge in [-0.25, -0.2) is 23.4 Å². The quantitative estimate of drug-likeness (QED) is 0.364. The molecule has 1 aliphatic rings. The first-order valence-corrected chi connectivity index (χ1v) is 8.85. The lowest BCUT2D eigenvalue weighted by Crippen LogP contribution is -2.10. The van der Waals surface area contributed by atoms with Crippen LogP contribution in [-0.2, 0) is 9.53 Å². The number of carbonyl (C=O) groups excluding carboxylic acids is 2. The molecule has 4 rings (SSSR count). The van der Waals surface area contributed by atoms with Crippen molar-refractivity contribution in [3.05, 3.63) is 107 Å². The van der Waals surface area contributed by atoms with Crippen LogP contribution in [0.2, 0.25) is 0 Å². The number of carbonyl (C=O) groups is 2. The molecule has 1 aliphatic heterocycles. The van der Waals surface area contributed by atoms with Crippen molar-refractivity contribution in [3.63, 3.8) is 0 Å². The summed E-state index contributed by atoms with van der Waals surface area (Å²) in [7, 11) is 0. The molecule has 0 N–H and O–H groups in total. The van der Waals surface area contributed by atoms with Crippen LogP contribution in [0.5, 0.6) is 5.75 Å². The average molecular weight is 405 g/mol. The van der Waals surface area contributed by atoms with Gasteiger partial charge in [0.05, 0.1) is 5.56 Å². The van der Waals surface area contributed by atoms with Gasteiger partial charge in [-0.2, -0.15) is 0 Å². The standard InChI is InChI=1S/C23H13F2NO4/c24-16-7-4-6-15(13-16)21-26-20(23(28)30-21)12-14-5-3-8-17(11-14)29-22(27)18-9-1-2-10-19(18)25/h1-13H. The highest BCUT2D eigenvalue weighted by molar-refractivity contribution is 6.12. The topological polar surface area (TPSA) is 65.0 Å². The predicted octanol–water partition coefficient (Wildman–Crippen LogP) is 4.53. The molecule has 0 bridgehead atoms. The maximum absolute atomic E-state index is 13.7. The fraction of sp³-hybridized carbons (Fsp3) is 0. The number of aliphatic imine (C=N–C) groups is 1. The van der Waals surface area contributed by atoms with Gasteiger partial charge in [-0.15, -0.1) is 0 Å². The van der Waals surface area contributed by atoms with Crippen molar-refractivity contribution in [1.29, 1.82) is 0 Å². The molecule has 0 fully saturated rings. The van der Waals surface area contributed by atoms with Gasteiger partial charge in [-0.05, 0) is 54.1 Å². The van der Waals surface area contributed by atoms with Gasteiger partial charge in [-0.3, -0.25) is 0 Å². The Labute approximate surface area is 169 Å². The van der Waals surface area contributed by atoms with Gasteiger partial charge in [0, 0.05) is 5.56 Å². The van der Waals surface area contributed by atoms with Gasteiger partial charge in [0.25, 0.3) is 0 Å². The van der Waals surface area contributed by atoms with Gasteiger partial charge in [0.1, 0.15) is 17.4 Å². The molecule has 0 saturated carbocycles. The Bertz CT molecular complexity index is 1220. The average Bonchev–Trinajstić information content (AvgIpc) is 3.09. The molecule has 5 nitrogen and oxygen atoms in total. The van der Waals surface area contributed by atoms with Crippen LogP contribution in [-0.4, -0.2) is 17.8 Å². The molecule has 0 spiro atoms. The summed E-state index contributed by atoms with van der Waals surface area (Å²) >= 11 is 0. The minimum Gasteiger partial charge on any atom is -0.423 e. The third-order valence-electron chi connectivity index (χ3n) is 4.16. The van der Waals surface area contributed by atoms with Crippen LogP contribution in [0, 0.1) is 11.6 Å². The largest absolute Gasteiger partial charge is 0.423 e. The Morgan fingerprint density at radius 1 is 0.967 bits per heavy atom. The highest BCUT2D eigenvalue weighted by atomic mass is 19.1. The van der Waals surface area contributed by atoms with E-state index in [2.05, 4.69) is 4.99 Å². The van der Waals surface area contributed by atoms with Crippen molar-refractivity contribution in [2.45, 2.75) is 0 Å². The molecule has 0 aliphatic carbocycles. The van der Waals surface area contributed by atoms with E-state index in [1.165, 1.54) is 54.6 Å². The van der Waals surface area contributed by atoms with Gasteiger partial charge >= 0.3 is 11.9 Å². The summed E-state index contributed by atoms with van der Waals surface area (Å²) in [5, 5.41) is 0. The second-order valence-corrected chi connectivity index (χ2v) is 6.29. The normalized spacial score (nSPS) is 14.4. The van der Waals surface area contributed by atoms with E-state index in [0.717, 1.165) is 6.07 Å². The SMILES string of the molecule is O=C1OC(c2cccc(F)c2)=NC1=Cc1cccc(OC(=O)c2ccccc2F)c1.